The monoisotopic (exact) mass is 379 g/mol. The van der Waals surface area contributed by atoms with Crippen molar-refractivity contribution in [3.63, 3.8) is 0 Å². The molecule has 0 spiro atoms. The Hall–Kier alpha value is -3.22. The van der Waals surface area contributed by atoms with Crippen molar-refractivity contribution in [1.82, 2.24) is 14.8 Å². The average molecular weight is 379 g/mol. The smallest absolute Gasteiger partial charge is 0.248 e. The number of hydrogen-bond donors (Lipinski definition) is 2. The molecule has 2 heterocycles. The van der Waals surface area contributed by atoms with Gasteiger partial charge in [0.1, 0.15) is 0 Å². The van der Waals surface area contributed by atoms with Gasteiger partial charge in [-0.05, 0) is 69.5 Å². The number of nitrogens with zero attached hydrogens (tertiary/aromatic N) is 3. The molecule has 0 aliphatic heterocycles. The summed E-state index contributed by atoms with van der Waals surface area (Å²) < 4.78 is 1.92. The lowest BCUT2D eigenvalue weighted by molar-refractivity contribution is -0.116. The molecule has 7 heteroatoms. The van der Waals surface area contributed by atoms with Crippen LogP contribution in [0.15, 0.2) is 30.5 Å². The molecule has 3 N–H and O–H groups in total. The van der Waals surface area contributed by atoms with Crippen LogP contribution in [-0.4, -0.2) is 26.6 Å². The van der Waals surface area contributed by atoms with Crippen LogP contribution >= 0.6 is 0 Å². The van der Waals surface area contributed by atoms with Crippen LogP contribution in [0.5, 0.6) is 0 Å². The third kappa shape index (κ3) is 3.88. The van der Waals surface area contributed by atoms with Gasteiger partial charge in [0.2, 0.25) is 11.8 Å². The fourth-order valence-corrected chi connectivity index (χ4v) is 3.32. The Balaban J connectivity index is 1.72. The van der Waals surface area contributed by atoms with Crippen LogP contribution in [0.2, 0.25) is 0 Å². The van der Waals surface area contributed by atoms with Gasteiger partial charge in [0, 0.05) is 34.8 Å². The van der Waals surface area contributed by atoms with Gasteiger partial charge in [-0.2, -0.15) is 5.10 Å². The molecule has 0 bridgehead atoms. The molecular weight excluding hydrogens is 354 g/mol. The summed E-state index contributed by atoms with van der Waals surface area (Å²) in [5, 5.41) is 8.32. The number of carbonyl (C=O) groups is 2. The van der Waals surface area contributed by atoms with Crippen LogP contribution in [0, 0.1) is 13.8 Å². The highest BCUT2D eigenvalue weighted by atomic mass is 16.2. The highest BCUT2D eigenvalue weighted by Crippen LogP contribution is 2.25. The molecule has 0 radical (unpaired) electrons. The Morgan fingerprint density at radius 3 is 2.46 bits per heavy atom. The number of aryl methyl sites for hydroxylation is 2. The molecule has 28 heavy (non-hydrogen) atoms. The summed E-state index contributed by atoms with van der Waals surface area (Å²) in [6.07, 6.45) is 2.78. The van der Waals surface area contributed by atoms with E-state index in [1.54, 1.807) is 24.3 Å². The van der Waals surface area contributed by atoms with E-state index in [0.29, 0.717) is 24.1 Å². The van der Waals surface area contributed by atoms with Crippen molar-refractivity contribution in [2.24, 2.45) is 5.73 Å². The molecule has 0 unspecified atom stereocenters. The molecule has 0 atom stereocenters. The van der Waals surface area contributed by atoms with Crippen molar-refractivity contribution in [3.8, 4) is 0 Å². The third-order valence-electron chi connectivity index (χ3n) is 4.88. The maximum atomic E-state index is 12.3. The average Bonchev–Trinajstić information content (AvgIpc) is 3.06. The lowest BCUT2D eigenvalue weighted by atomic mass is 10.0. The molecule has 1 aromatic carbocycles. The predicted octanol–water partition coefficient (Wildman–Crippen LogP) is 3.30. The largest absolute Gasteiger partial charge is 0.366 e. The Kier molecular flexibility index (Phi) is 5.44. The van der Waals surface area contributed by atoms with E-state index in [4.69, 9.17) is 10.7 Å². The van der Waals surface area contributed by atoms with Crippen LogP contribution in [0.4, 0.5) is 5.69 Å². The number of benzene rings is 1. The standard InChI is InChI=1S/C21H25N5O2/c1-12(2)26-21-18(11-23-26)13(3)17(14(4)24-21)9-10-19(27)25-16-7-5-15(6-8-16)20(22)28/h5-8,11-12H,9-10H2,1-4H3,(H2,22,28)(H,25,27). The SMILES string of the molecule is Cc1nc2c(cnn2C(C)C)c(C)c1CCC(=O)Nc1ccc(C(N)=O)cc1. The summed E-state index contributed by atoms with van der Waals surface area (Å²) >= 11 is 0. The Morgan fingerprint density at radius 2 is 1.86 bits per heavy atom. The first-order chi connectivity index (χ1) is 13.3. The number of nitrogens with one attached hydrogen (secondary N) is 1. The molecule has 146 valence electrons. The maximum Gasteiger partial charge on any atom is 0.248 e. The lowest BCUT2D eigenvalue weighted by Gasteiger charge is -2.13. The molecule has 0 saturated heterocycles. The normalized spacial score (nSPS) is 11.2. The quantitative estimate of drug-likeness (QED) is 0.686. The van der Waals surface area contributed by atoms with Crippen LogP contribution in [0.25, 0.3) is 11.0 Å². The van der Waals surface area contributed by atoms with Gasteiger partial charge in [-0.3, -0.25) is 9.59 Å². The third-order valence-corrected chi connectivity index (χ3v) is 4.88. The number of rotatable bonds is 6. The first kappa shape index (κ1) is 19.5. The summed E-state index contributed by atoms with van der Waals surface area (Å²) in [6.45, 7) is 8.18. The highest BCUT2D eigenvalue weighted by Gasteiger charge is 2.15. The van der Waals surface area contributed by atoms with E-state index in [9.17, 15) is 9.59 Å². The van der Waals surface area contributed by atoms with Crippen LogP contribution in [0.3, 0.4) is 0 Å². The molecule has 0 aliphatic carbocycles. The fourth-order valence-electron chi connectivity index (χ4n) is 3.32. The van der Waals surface area contributed by atoms with Crippen LogP contribution in [0.1, 0.15) is 53.5 Å². The van der Waals surface area contributed by atoms with Gasteiger partial charge in [0.25, 0.3) is 0 Å². The summed E-state index contributed by atoms with van der Waals surface area (Å²) in [6, 6.07) is 6.76. The van der Waals surface area contributed by atoms with Crippen molar-refractivity contribution >= 4 is 28.5 Å². The van der Waals surface area contributed by atoms with Gasteiger partial charge in [0.05, 0.1) is 6.20 Å². The fraction of sp³-hybridized carbons (Fsp3) is 0.333. The predicted molar refractivity (Wildman–Crippen MR) is 109 cm³/mol. The van der Waals surface area contributed by atoms with Gasteiger partial charge in [0.15, 0.2) is 5.65 Å². The minimum Gasteiger partial charge on any atom is -0.366 e. The number of pyridine rings is 1. The zero-order valence-corrected chi connectivity index (χ0v) is 16.6. The van der Waals surface area contributed by atoms with E-state index < -0.39 is 5.91 Å². The van der Waals surface area contributed by atoms with E-state index in [1.807, 2.05) is 17.8 Å². The lowest BCUT2D eigenvalue weighted by Crippen LogP contribution is -2.14. The topological polar surface area (TPSA) is 103 Å². The van der Waals surface area contributed by atoms with Gasteiger partial charge in [-0.25, -0.2) is 9.67 Å². The first-order valence-corrected chi connectivity index (χ1v) is 9.31. The molecule has 3 rings (SSSR count). The molecule has 7 nitrogen and oxygen atoms in total. The maximum absolute atomic E-state index is 12.3. The Morgan fingerprint density at radius 1 is 1.18 bits per heavy atom. The van der Waals surface area contributed by atoms with Crippen LogP contribution < -0.4 is 11.1 Å². The van der Waals surface area contributed by atoms with Crippen molar-refractivity contribution in [1.29, 1.82) is 0 Å². The molecule has 0 aliphatic rings. The zero-order chi connectivity index (χ0) is 20.4. The van der Waals surface area contributed by atoms with Gasteiger partial charge < -0.3 is 11.1 Å². The summed E-state index contributed by atoms with van der Waals surface area (Å²) in [7, 11) is 0. The highest BCUT2D eigenvalue weighted by molar-refractivity contribution is 5.94. The number of carbonyl (C=O) groups excluding carboxylic acids is 2. The van der Waals surface area contributed by atoms with E-state index in [2.05, 4.69) is 31.2 Å². The minimum absolute atomic E-state index is 0.0939. The van der Waals surface area contributed by atoms with Crippen LogP contribution in [-0.2, 0) is 11.2 Å². The number of amides is 2. The van der Waals surface area contributed by atoms with Gasteiger partial charge in [-0.1, -0.05) is 0 Å². The van der Waals surface area contributed by atoms with Gasteiger partial charge in [-0.15, -0.1) is 0 Å². The molecule has 2 amide bonds. The molecule has 3 aromatic rings. The minimum atomic E-state index is -0.493. The molecule has 0 saturated carbocycles. The van der Waals surface area contributed by atoms with E-state index in [0.717, 1.165) is 27.9 Å². The van der Waals surface area contributed by atoms with E-state index in [-0.39, 0.29) is 11.9 Å². The summed E-state index contributed by atoms with van der Waals surface area (Å²) in [5.41, 5.74) is 10.3. The van der Waals surface area contributed by atoms with Crippen molar-refractivity contribution in [2.75, 3.05) is 5.32 Å². The van der Waals surface area contributed by atoms with Gasteiger partial charge >= 0.3 is 0 Å². The molecule has 2 aromatic heterocycles. The second kappa shape index (κ2) is 7.80. The second-order valence-electron chi connectivity index (χ2n) is 7.21. The second-order valence-corrected chi connectivity index (χ2v) is 7.21. The van der Waals surface area contributed by atoms with E-state index in [1.165, 1.54) is 0 Å². The number of nitrogens with two attached hydrogens (primary N) is 1. The number of aromatic nitrogens is 3. The van der Waals surface area contributed by atoms with Crippen molar-refractivity contribution in [2.45, 2.75) is 46.6 Å². The first-order valence-electron chi connectivity index (χ1n) is 9.31. The van der Waals surface area contributed by atoms with Crippen molar-refractivity contribution in [3.05, 3.63) is 52.8 Å². The van der Waals surface area contributed by atoms with E-state index >= 15 is 0 Å². The summed E-state index contributed by atoms with van der Waals surface area (Å²) in [5.74, 6) is -0.587. The molecule has 0 fully saturated rings. The zero-order valence-electron chi connectivity index (χ0n) is 16.6. The Bertz CT molecular complexity index is 1040. The summed E-state index contributed by atoms with van der Waals surface area (Å²) in [4.78, 5) is 28.2. The van der Waals surface area contributed by atoms with Crippen molar-refractivity contribution < 1.29 is 9.59 Å². The molecular formula is C21H25N5O2. The number of fused-ring (bicyclic) bond motifs is 1. The number of hydrogen-bond acceptors (Lipinski definition) is 4. The number of primary amides is 1. The number of anilines is 1. The Labute approximate surface area is 163 Å².